The lowest BCUT2D eigenvalue weighted by atomic mass is 9.87. The van der Waals surface area contributed by atoms with Gasteiger partial charge < -0.3 is 10.1 Å². The molecule has 0 fully saturated rings. The number of rotatable bonds is 5. The molecule has 1 amide bonds. The summed E-state index contributed by atoms with van der Waals surface area (Å²) in [5, 5.41) is 2.87. The smallest absolute Gasteiger partial charge is 0.275 e. The molecule has 4 heteroatoms. The molecular formula is C23H26N2O2. The van der Waals surface area contributed by atoms with Crippen molar-refractivity contribution in [2.24, 2.45) is 4.99 Å². The summed E-state index contributed by atoms with van der Waals surface area (Å²) in [4.78, 5) is 16.7. The van der Waals surface area contributed by atoms with Gasteiger partial charge >= 0.3 is 0 Å². The highest BCUT2D eigenvalue weighted by atomic mass is 16.5. The van der Waals surface area contributed by atoms with Crippen LogP contribution in [-0.4, -0.2) is 18.9 Å². The Morgan fingerprint density at radius 1 is 1.04 bits per heavy atom. The first kappa shape index (κ1) is 18.9. The molecule has 1 aliphatic heterocycles. The highest BCUT2D eigenvalue weighted by Gasteiger charge is 2.20. The van der Waals surface area contributed by atoms with Crippen molar-refractivity contribution in [3.63, 3.8) is 0 Å². The van der Waals surface area contributed by atoms with E-state index >= 15 is 0 Å². The van der Waals surface area contributed by atoms with Crippen LogP contribution in [0.4, 0.5) is 0 Å². The Balaban J connectivity index is 1.71. The van der Waals surface area contributed by atoms with E-state index in [4.69, 9.17) is 4.74 Å². The van der Waals surface area contributed by atoms with Gasteiger partial charge in [0.25, 0.3) is 5.91 Å². The van der Waals surface area contributed by atoms with Crippen LogP contribution in [-0.2, 0) is 16.6 Å². The molecule has 4 nitrogen and oxygen atoms in total. The van der Waals surface area contributed by atoms with Crippen LogP contribution in [0.5, 0.6) is 5.75 Å². The van der Waals surface area contributed by atoms with Crippen molar-refractivity contribution in [1.82, 2.24) is 5.32 Å². The van der Waals surface area contributed by atoms with Gasteiger partial charge in [-0.05, 0) is 40.7 Å². The number of nitrogens with one attached hydrogen (secondary N) is 1. The summed E-state index contributed by atoms with van der Waals surface area (Å²) in [6.07, 6.45) is 3.25. The normalized spacial score (nSPS) is 15.6. The van der Waals surface area contributed by atoms with E-state index in [2.05, 4.69) is 43.2 Å². The SMILES string of the molecule is COc1ccccc1CCC1=N/C(=C/c2ccc(C(C)(C)C)cc2)C(=O)N1. The number of hydrogen-bond donors (Lipinski definition) is 1. The van der Waals surface area contributed by atoms with E-state index in [-0.39, 0.29) is 11.3 Å². The van der Waals surface area contributed by atoms with E-state index < -0.39 is 0 Å². The van der Waals surface area contributed by atoms with Crippen LogP contribution in [0.25, 0.3) is 6.08 Å². The van der Waals surface area contributed by atoms with Crippen LogP contribution in [0.2, 0.25) is 0 Å². The average Bonchev–Trinajstić information content (AvgIpc) is 2.99. The number of carbonyl (C=O) groups is 1. The van der Waals surface area contributed by atoms with Gasteiger partial charge in [-0.2, -0.15) is 0 Å². The highest BCUT2D eigenvalue weighted by Crippen LogP contribution is 2.24. The van der Waals surface area contributed by atoms with E-state index in [9.17, 15) is 4.79 Å². The summed E-state index contributed by atoms with van der Waals surface area (Å²) in [6.45, 7) is 6.55. The molecule has 3 rings (SSSR count). The Hall–Kier alpha value is -2.88. The Bertz CT molecular complexity index is 887. The molecule has 140 valence electrons. The van der Waals surface area contributed by atoms with E-state index in [0.29, 0.717) is 18.0 Å². The van der Waals surface area contributed by atoms with Gasteiger partial charge in [0.1, 0.15) is 17.3 Å². The fraction of sp³-hybridized carbons (Fsp3) is 0.304. The largest absolute Gasteiger partial charge is 0.496 e. The van der Waals surface area contributed by atoms with E-state index in [0.717, 1.165) is 23.3 Å². The molecule has 1 heterocycles. The third-order valence-electron chi connectivity index (χ3n) is 4.65. The third-order valence-corrected chi connectivity index (χ3v) is 4.65. The number of amidine groups is 1. The predicted octanol–water partition coefficient (Wildman–Crippen LogP) is 4.49. The number of aryl methyl sites for hydroxylation is 1. The summed E-state index contributed by atoms with van der Waals surface area (Å²) in [5.41, 5.74) is 3.91. The molecule has 0 aliphatic carbocycles. The van der Waals surface area contributed by atoms with Crippen molar-refractivity contribution in [2.45, 2.75) is 39.0 Å². The number of hydrogen-bond acceptors (Lipinski definition) is 3. The van der Waals surface area contributed by atoms with E-state index in [1.165, 1.54) is 5.56 Å². The van der Waals surface area contributed by atoms with Crippen LogP contribution in [0.15, 0.2) is 59.2 Å². The number of aliphatic imine (C=N–C) groups is 1. The Morgan fingerprint density at radius 3 is 2.41 bits per heavy atom. The zero-order valence-electron chi connectivity index (χ0n) is 16.4. The molecule has 2 aromatic rings. The highest BCUT2D eigenvalue weighted by molar-refractivity contribution is 6.14. The Labute approximate surface area is 161 Å². The first-order valence-electron chi connectivity index (χ1n) is 9.20. The summed E-state index contributed by atoms with van der Waals surface area (Å²) in [7, 11) is 1.67. The average molecular weight is 362 g/mol. The Kier molecular flexibility index (Phi) is 5.45. The molecule has 1 N–H and O–H groups in total. The van der Waals surface area contributed by atoms with E-state index in [1.54, 1.807) is 7.11 Å². The zero-order valence-corrected chi connectivity index (χ0v) is 16.4. The second-order valence-corrected chi connectivity index (χ2v) is 7.73. The van der Waals surface area contributed by atoms with Crippen molar-refractivity contribution in [3.05, 3.63) is 70.9 Å². The number of carbonyl (C=O) groups excluding carboxylic acids is 1. The lowest BCUT2D eigenvalue weighted by Crippen LogP contribution is -2.24. The van der Waals surface area contributed by atoms with Gasteiger partial charge in [-0.15, -0.1) is 0 Å². The molecule has 0 aromatic heterocycles. The maximum atomic E-state index is 12.2. The minimum Gasteiger partial charge on any atom is -0.496 e. The number of methoxy groups -OCH3 is 1. The van der Waals surface area contributed by atoms with Gasteiger partial charge in [-0.3, -0.25) is 4.79 Å². The third kappa shape index (κ3) is 4.64. The van der Waals surface area contributed by atoms with Crippen molar-refractivity contribution in [1.29, 1.82) is 0 Å². The predicted molar refractivity (Wildman–Crippen MR) is 110 cm³/mol. The molecule has 0 unspecified atom stereocenters. The van der Waals surface area contributed by atoms with E-state index in [1.807, 2.05) is 42.5 Å². The second-order valence-electron chi connectivity index (χ2n) is 7.73. The molecule has 0 atom stereocenters. The summed E-state index contributed by atoms with van der Waals surface area (Å²) < 4.78 is 5.38. The van der Waals surface area contributed by atoms with Gasteiger partial charge in [0.15, 0.2) is 0 Å². The van der Waals surface area contributed by atoms with Crippen LogP contribution in [0, 0.1) is 0 Å². The first-order valence-corrected chi connectivity index (χ1v) is 9.20. The molecule has 0 spiro atoms. The van der Waals surface area contributed by atoms with Crippen molar-refractivity contribution >= 4 is 17.8 Å². The number of nitrogens with zero attached hydrogens (tertiary/aromatic N) is 1. The molecule has 0 radical (unpaired) electrons. The summed E-state index contributed by atoms with van der Waals surface area (Å²) in [6, 6.07) is 16.2. The summed E-state index contributed by atoms with van der Waals surface area (Å²) in [5.74, 6) is 1.41. The molecule has 27 heavy (non-hydrogen) atoms. The molecule has 1 aliphatic rings. The number of amides is 1. The Morgan fingerprint density at radius 2 is 1.74 bits per heavy atom. The summed E-state index contributed by atoms with van der Waals surface area (Å²) >= 11 is 0. The van der Waals surface area contributed by atoms with Gasteiger partial charge in [-0.25, -0.2) is 4.99 Å². The number of benzene rings is 2. The van der Waals surface area contributed by atoms with Crippen molar-refractivity contribution < 1.29 is 9.53 Å². The van der Waals surface area contributed by atoms with Gasteiger partial charge in [0, 0.05) is 6.42 Å². The van der Waals surface area contributed by atoms with Gasteiger partial charge in [0.2, 0.25) is 0 Å². The maximum absolute atomic E-state index is 12.2. The lowest BCUT2D eigenvalue weighted by molar-refractivity contribution is -0.115. The van der Waals surface area contributed by atoms with Gasteiger partial charge in [0.05, 0.1) is 7.11 Å². The standard InChI is InChI=1S/C23H26N2O2/c1-23(2,3)18-12-9-16(10-13-18)15-19-22(26)25-21(24-19)14-11-17-7-5-6-8-20(17)27-4/h5-10,12-13,15H,11,14H2,1-4H3,(H,24,25,26)/b19-15+. The first-order chi connectivity index (χ1) is 12.9. The molecule has 0 saturated carbocycles. The van der Waals surface area contributed by atoms with Crippen LogP contribution in [0.3, 0.4) is 0 Å². The molecule has 2 aromatic carbocycles. The van der Waals surface area contributed by atoms with Gasteiger partial charge in [-0.1, -0.05) is 63.2 Å². The quantitative estimate of drug-likeness (QED) is 0.797. The lowest BCUT2D eigenvalue weighted by Gasteiger charge is -2.18. The second kappa shape index (κ2) is 7.78. The van der Waals surface area contributed by atoms with Crippen LogP contribution < -0.4 is 10.1 Å². The fourth-order valence-electron chi connectivity index (χ4n) is 3.04. The monoisotopic (exact) mass is 362 g/mol. The minimum atomic E-state index is -0.148. The molecule has 0 bridgehead atoms. The topological polar surface area (TPSA) is 50.7 Å². The van der Waals surface area contributed by atoms with Crippen LogP contribution in [0.1, 0.15) is 43.9 Å². The zero-order chi connectivity index (χ0) is 19.4. The number of ether oxygens (including phenoxy) is 1. The molecular weight excluding hydrogens is 336 g/mol. The molecule has 0 saturated heterocycles. The van der Waals surface area contributed by atoms with Crippen molar-refractivity contribution in [3.8, 4) is 5.75 Å². The fourth-order valence-corrected chi connectivity index (χ4v) is 3.04. The maximum Gasteiger partial charge on any atom is 0.275 e. The van der Waals surface area contributed by atoms with Crippen LogP contribution >= 0.6 is 0 Å². The number of para-hydroxylation sites is 1. The minimum absolute atomic E-state index is 0.111. The van der Waals surface area contributed by atoms with Crippen molar-refractivity contribution in [2.75, 3.05) is 7.11 Å².